The van der Waals surface area contributed by atoms with Crippen molar-refractivity contribution in [3.05, 3.63) is 128 Å². The van der Waals surface area contributed by atoms with Crippen molar-refractivity contribution in [3.8, 4) is 0 Å². The summed E-state index contributed by atoms with van der Waals surface area (Å²) < 4.78 is 29.0. The largest absolute Gasteiger partial charge is 0.355 e. The number of amides is 2. The van der Waals surface area contributed by atoms with Crippen molar-refractivity contribution in [1.82, 2.24) is 10.2 Å². The molecule has 0 saturated carbocycles. The highest BCUT2D eigenvalue weighted by molar-refractivity contribution is 7.92. The SMILES string of the molecule is CCNC(=O)[C@H](Cc1ccccc1)N(Cc1ccc(Cl)cc1Cl)C(=O)CN(c1cc(Cl)ccc1Cl)S(=O)(=O)c1ccccc1. The Balaban J connectivity index is 1.84. The average molecular weight is 693 g/mol. The quantitative estimate of drug-likeness (QED) is 0.169. The van der Waals surface area contributed by atoms with Gasteiger partial charge < -0.3 is 10.2 Å². The number of halogens is 4. The van der Waals surface area contributed by atoms with Crippen LogP contribution in [-0.4, -0.2) is 44.3 Å². The van der Waals surface area contributed by atoms with E-state index in [0.717, 1.165) is 9.87 Å². The summed E-state index contributed by atoms with van der Waals surface area (Å²) in [6.07, 6.45) is 0.160. The summed E-state index contributed by atoms with van der Waals surface area (Å²) in [7, 11) is -4.32. The molecule has 0 aromatic heterocycles. The van der Waals surface area contributed by atoms with Gasteiger partial charge in [-0.1, -0.05) is 101 Å². The lowest BCUT2D eigenvalue weighted by molar-refractivity contribution is -0.140. The van der Waals surface area contributed by atoms with Crippen molar-refractivity contribution in [2.75, 3.05) is 17.4 Å². The molecule has 0 heterocycles. The number of hydrogen-bond acceptors (Lipinski definition) is 4. The number of nitrogens with one attached hydrogen (secondary N) is 1. The summed E-state index contributed by atoms with van der Waals surface area (Å²) >= 11 is 25.4. The molecule has 4 aromatic carbocycles. The van der Waals surface area contributed by atoms with E-state index in [1.165, 1.54) is 41.3 Å². The van der Waals surface area contributed by atoms with Crippen LogP contribution in [0.15, 0.2) is 102 Å². The monoisotopic (exact) mass is 691 g/mol. The number of hydrogen-bond donors (Lipinski definition) is 1. The maximum atomic E-state index is 14.4. The fraction of sp³-hybridized carbons (Fsp3) is 0.188. The van der Waals surface area contributed by atoms with E-state index < -0.39 is 34.4 Å². The van der Waals surface area contributed by atoms with Gasteiger partial charge in [0.1, 0.15) is 12.6 Å². The number of anilines is 1. The number of nitrogens with zero attached hydrogens (tertiary/aromatic N) is 2. The first-order chi connectivity index (χ1) is 21.0. The van der Waals surface area contributed by atoms with Gasteiger partial charge in [-0.2, -0.15) is 0 Å². The van der Waals surface area contributed by atoms with Crippen LogP contribution < -0.4 is 9.62 Å². The zero-order valence-electron chi connectivity index (χ0n) is 23.6. The molecule has 0 aliphatic rings. The first-order valence-electron chi connectivity index (χ1n) is 13.6. The van der Waals surface area contributed by atoms with Crippen LogP contribution in [0.5, 0.6) is 0 Å². The van der Waals surface area contributed by atoms with Crippen LogP contribution in [0.2, 0.25) is 20.1 Å². The molecule has 1 atom stereocenters. The Kier molecular flexibility index (Phi) is 11.6. The number of likely N-dealkylation sites (N-methyl/N-ethyl adjacent to an activating group) is 1. The number of benzene rings is 4. The highest BCUT2D eigenvalue weighted by Crippen LogP contribution is 2.33. The van der Waals surface area contributed by atoms with E-state index >= 15 is 0 Å². The first kappa shape index (κ1) is 33.6. The molecule has 230 valence electrons. The van der Waals surface area contributed by atoms with Crippen LogP contribution in [0.3, 0.4) is 0 Å². The summed E-state index contributed by atoms with van der Waals surface area (Å²) in [5.41, 5.74) is 1.33. The smallest absolute Gasteiger partial charge is 0.264 e. The number of carbonyl (C=O) groups is 2. The lowest BCUT2D eigenvalue weighted by atomic mass is 10.0. The lowest BCUT2D eigenvalue weighted by Crippen LogP contribution is -2.53. The van der Waals surface area contributed by atoms with E-state index in [4.69, 9.17) is 46.4 Å². The second-order valence-corrected chi connectivity index (χ2v) is 13.3. The molecule has 0 aliphatic heterocycles. The third-order valence-electron chi connectivity index (χ3n) is 6.76. The van der Waals surface area contributed by atoms with E-state index in [0.29, 0.717) is 17.1 Å². The molecule has 4 aromatic rings. The molecule has 0 unspecified atom stereocenters. The summed E-state index contributed by atoms with van der Waals surface area (Å²) in [5.74, 6) is -1.08. The second-order valence-electron chi connectivity index (χ2n) is 9.78. The molecule has 12 heteroatoms. The van der Waals surface area contributed by atoms with Crippen molar-refractivity contribution in [2.45, 2.75) is 30.8 Å². The van der Waals surface area contributed by atoms with Crippen LogP contribution in [0, 0.1) is 0 Å². The van der Waals surface area contributed by atoms with Gasteiger partial charge in [0.2, 0.25) is 11.8 Å². The van der Waals surface area contributed by atoms with Crippen LogP contribution in [0.25, 0.3) is 0 Å². The summed E-state index contributed by atoms with van der Waals surface area (Å²) in [5, 5.41) is 3.79. The molecule has 0 fully saturated rings. The van der Waals surface area contributed by atoms with Crippen LogP contribution in [0.4, 0.5) is 5.69 Å². The van der Waals surface area contributed by atoms with E-state index in [2.05, 4.69) is 5.32 Å². The van der Waals surface area contributed by atoms with Gasteiger partial charge in [-0.3, -0.25) is 13.9 Å². The second kappa shape index (κ2) is 15.1. The molecule has 0 spiro atoms. The highest BCUT2D eigenvalue weighted by Gasteiger charge is 2.35. The minimum Gasteiger partial charge on any atom is -0.355 e. The Bertz CT molecular complexity index is 1720. The van der Waals surface area contributed by atoms with Crippen LogP contribution >= 0.6 is 46.4 Å². The minimum absolute atomic E-state index is 0.0125. The zero-order valence-corrected chi connectivity index (χ0v) is 27.4. The highest BCUT2D eigenvalue weighted by atomic mass is 35.5. The summed E-state index contributed by atoms with van der Waals surface area (Å²) in [6.45, 7) is 1.30. The van der Waals surface area contributed by atoms with Gasteiger partial charge in [-0.25, -0.2) is 8.42 Å². The van der Waals surface area contributed by atoms with Gasteiger partial charge in [-0.05, 0) is 60.5 Å². The van der Waals surface area contributed by atoms with Crippen LogP contribution in [0.1, 0.15) is 18.1 Å². The fourth-order valence-corrected chi connectivity index (χ4v) is 6.94. The maximum absolute atomic E-state index is 14.4. The van der Waals surface area contributed by atoms with Gasteiger partial charge in [0.25, 0.3) is 10.0 Å². The number of carbonyl (C=O) groups excluding carboxylic acids is 2. The van der Waals surface area contributed by atoms with Gasteiger partial charge in [0.15, 0.2) is 0 Å². The Labute approximate surface area is 277 Å². The summed E-state index contributed by atoms with van der Waals surface area (Å²) in [6, 6.07) is 25.0. The average Bonchev–Trinajstić information content (AvgIpc) is 3.01. The first-order valence-corrected chi connectivity index (χ1v) is 16.5. The molecule has 0 saturated heterocycles. The van der Waals surface area contributed by atoms with Crippen molar-refractivity contribution in [1.29, 1.82) is 0 Å². The van der Waals surface area contributed by atoms with E-state index in [-0.39, 0.29) is 38.6 Å². The lowest BCUT2D eigenvalue weighted by Gasteiger charge is -2.34. The molecule has 0 bridgehead atoms. The molecule has 0 aliphatic carbocycles. The van der Waals surface area contributed by atoms with Crippen molar-refractivity contribution in [2.24, 2.45) is 0 Å². The van der Waals surface area contributed by atoms with Gasteiger partial charge in [0, 0.05) is 34.6 Å². The third kappa shape index (κ3) is 8.25. The van der Waals surface area contributed by atoms with Crippen molar-refractivity contribution >= 4 is 73.9 Å². The van der Waals surface area contributed by atoms with Gasteiger partial charge >= 0.3 is 0 Å². The Morgan fingerprint density at radius 1 is 0.795 bits per heavy atom. The Morgan fingerprint density at radius 3 is 2.05 bits per heavy atom. The molecule has 1 N–H and O–H groups in total. The molecule has 0 radical (unpaired) electrons. The van der Waals surface area contributed by atoms with E-state index in [1.807, 2.05) is 30.3 Å². The normalized spacial score (nSPS) is 11.9. The molecule has 7 nitrogen and oxygen atoms in total. The van der Waals surface area contributed by atoms with Gasteiger partial charge in [-0.15, -0.1) is 0 Å². The van der Waals surface area contributed by atoms with Crippen molar-refractivity contribution < 1.29 is 18.0 Å². The van der Waals surface area contributed by atoms with E-state index in [1.54, 1.807) is 37.3 Å². The standard InChI is InChI=1S/C32H29Cl4N3O4S/c1-2-37-32(41)30(17-22-9-5-3-6-10-22)38(20-23-13-14-24(33)18-28(23)36)31(40)21-39(29-19-25(34)15-16-27(29)35)44(42,43)26-11-7-4-8-12-26/h3-16,18-19,30H,2,17,20-21H2,1H3,(H,37,41)/t30-/m0/s1. The van der Waals surface area contributed by atoms with Gasteiger partial charge in [0.05, 0.1) is 15.6 Å². The fourth-order valence-electron chi connectivity index (χ4n) is 4.59. The van der Waals surface area contributed by atoms with Crippen molar-refractivity contribution in [3.63, 3.8) is 0 Å². The van der Waals surface area contributed by atoms with Crippen LogP contribution in [-0.2, 0) is 32.6 Å². The number of rotatable bonds is 12. The molecular weight excluding hydrogens is 664 g/mol. The molecule has 44 heavy (non-hydrogen) atoms. The third-order valence-corrected chi connectivity index (χ3v) is 9.68. The Morgan fingerprint density at radius 2 is 1.41 bits per heavy atom. The number of sulfonamides is 1. The molecule has 4 rings (SSSR count). The van der Waals surface area contributed by atoms with E-state index in [9.17, 15) is 18.0 Å². The zero-order chi connectivity index (χ0) is 31.9. The Hall–Kier alpha value is -3.27. The molecule has 2 amide bonds. The predicted molar refractivity (Wildman–Crippen MR) is 177 cm³/mol. The maximum Gasteiger partial charge on any atom is 0.264 e. The predicted octanol–water partition coefficient (Wildman–Crippen LogP) is 7.27. The topological polar surface area (TPSA) is 86.8 Å². The molecular formula is C32H29Cl4N3O4S. The minimum atomic E-state index is -4.32. The summed E-state index contributed by atoms with van der Waals surface area (Å²) in [4.78, 5) is 29.3.